The first-order chi connectivity index (χ1) is 37.0. The normalized spacial score (nSPS) is 13.9. The minimum atomic E-state index is -4.36. The molecule has 3 N–H and O–H groups in total. The lowest BCUT2D eigenvalue weighted by molar-refractivity contribution is -0.870. The van der Waals surface area contributed by atoms with Crippen LogP contribution in [0.4, 0.5) is 0 Å². The van der Waals surface area contributed by atoms with Gasteiger partial charge in [0, 0.05) is 6.42 Å². The summed E-state index contributed by atoms with van der Waals surface area (Å²) in [5, 5.41) is 14.0. The summed E-state index contributed by atoms with van der Waals surface area (Å²) in [7, 11) is 1.57. The van der Waals surface area contributed by atoms with Gasteiger partial charge in [0.2, 0.25) is 5.91 Å². The van der Waals surface area contributed by atoms with Gasteiger partial charge in [-0.3, -0.25) is 13.8 Å². The van der Waals surface area contributed by atoms with E-state index >= 15 is 0 Å². The molecular weight excluding hydrogens is 960 g/mol. The number of nitrogens with zero attached hydrogens (tertiary/aromatic N) is 1. The molecule has 9 heteroatoms. The number of phosphoric acid groups is 1. The maximum atomic E-state index is 13.0. The van der Waals surface area contributed by atoms with Gasteiger partial charge in [0.15, 0.2) is 0 Å². The highest BCUT2D eigenvalue weighted by molar-refractivity contribution is 7.47. The van der Waals surface area contributed by atoms with E-state index in [0.717, 1.165) is 38.5 Å². The van der Waals surface area contributed by atoms with Gasteiger partial charge in [0.05, 0.1) is 39.9 Å². The van der Waals surface area contributed by atoms with Crippen LogP contribution >= 0.6 is 7.82 Å². The molecule has 0 spiro atoms. The minimum absolute atomic E-state index is 0.0570. The number of allylic oxidation sites excluding steroid dienone is 5. The van der Waals surface area contributed by atoms with Gasteiger partial charge in [-0.15, -0.1) is 0 Å². The summed E-state index contributed by atoms with van der Waals surface area (Å²) in [6.07, 6.45) is 77.2. The first-order valence-corrected chi connectivity index (χ1v) is 34.9. The maximum Gasteiger partial charge on any atom is 0.472 e. The summed E-state index contributed by atoms with van der Waals surface area (Å²) in [6.45, 7) is 4.84. The van der Waals surface area contributed by atoms with Crippen LogP contribution in [0, 0.1) is 0 Å². The molecule has 0 aromatic rings. The number of quaternary nitrogens is 1. The van der Waals surface area contributed by atoms with Gasteiger partial charge in [0.25, 0.3) is 0 Å². The van der Waals surface area contributed by atoms with Crippen LogP contribution in [0.1, 0.15) is 335 Å². The lowest BCUT2D eigenvalue weighted by Crippen LogP contribution is -2.45. The number of hydrogen-bond donors (Lipinski definition) is 3. The summed E-state index contributed by atoms with van der Waals surface area (Å²) in [5.41, 5.74) is 0. The third-order valence-electron chi connectivity index (χ3n) is 15.3. The standard InChI is InChI=1S/C67H131N2O6P/c1-6-8-10-12-14-16-18-20-22-24-26-28-30-31-32-33-34-35-36-37-39-40-42-44-46-48-50-52-54-56-58-60-66(70)65(64-75-76(72,73)74-63-62-69(3,4)5)68-67(71)61-59-57-55-53-51-49-47-45-43-41-38-29-27-25-23-21-19-17-15-13-11-9-7-2/h25,27,50,52,58,60,65-66,70H,6-24,26,28-49,51,53-57,59,61-64H2,1-5H3,(H-,68,71,72,73)/p+1/b27-25-,52-50+,60-58+. The molecule has 0 heterocycles. The van der Waals surface area contributed by atoms with Crippen molar-refractivity contribution < 1.29 is 32.9 Å². The fourth-order valence-corrected chi connectivity index (χ4v) is 10.9. The van der Waals surface area contributed by atoms with Crippen LogP contribution in [0.15, 0.2) is 36.5 Å². The largest absolute Gasteiger partial charge is 0.472 e. The van der Waals surface area contributed by atoms with E-state index in [9.17, 15) is 19.4 Å². The molecule has 0 saturated heterocycles. The highest BCUT2D eigenvalue weighted by atomic mass is 31.2. The third-order valence-corrected chi connectivity index (χ3v) is 16.3. The van der Waals surface area contributed by atoms with Crippen molar-refractivity contribution in [1.29, 1.82) is 0 Å². The van der Waals surface area contributed by atoms with Gasteiger partial charge < -0.3 is 19.8 Å². The minimum Gasteiger partial charge on any atom is -0.387 e. The number of nitrogens with one attached hydrogen (secondary N) is 1. The summed E-state index contributed by atoms with van der Waals surface area (Å²) in [4.78, 5) is 23.4. The molecule has 450 valence electrons. The summed E-state index contributed by atoms with van der Waals surface area (Å²) in [5.74, 6) is -0.183. The van der Waals surface area contributed by atoms with E-state index in [1.165, 1.54) is 276 Å². The molecule has 0 aliphatic rings. The molecule has 0 aromatic carbocycles. The molecular formula is C67H132N2O6P+. The molecule has 0 fully saturated rings. The quantitative estimate of drug-likeness (QED) is 0.0243. The van der Waals surface area contributed by atoms with Gasteiger partial charge in [0.1, 0.15) is 13.2 Å². The lowest BCUT2D eigenvalue weighted by atomic mass is 10.0. The fraction of sp³-hybridized carbons (Fsp3) is 0.896. The van der Waals surface area contributed by atoms with E-state index in [2.05, 4.69) is 43.5 Å². The number of unbranched alkanes of at least 4 members (excludes halogenated alkanes) is 45. The summed E-state index contributed by atoms with van der Waals surface area (Å²) >= 11 is 0. The van der Waals surface area contributed by atoms with E-state index in [1.807, 2.05) is 27.2 Å². The van der Waals surface area contributed by atoms with E-state index in [-0.39, 0.29) is 19.1 Å². The molecule has 76 heavy (non-hydrogen) atoms. The Morgan fingerprint density at radius 3 is 1.05 bits per heavy atom. The second kappa shape index (κ2) is 58.4. The highest BCUT2D eigenvalue weighted by Gasteiger charge is 2.28. The molecule has 0 radical (unpaired) electrons. The van der Waals surface area contributed by atoms with Crippen molar-refractivity contribution in [2.75, 3.05) is 40.9 Å². The predicted octanol–water partition coefficient (Wildman–Crippen LogP) is 20.9. The second-order valence-electron chi connectivity index (χ2n) is 24.2. The zero-order valence-corrected chi connectivity index (χ0v) is 52.4. The van der Waals surface area contributed by atoms with Gasteiger partial charge in [-0.2, -0.15) is 0 Å². The van der Waals surface area contributed by atoms with Gasteiger partial charge in [-0.25, -0.2) is 4.57 Å². The summed E-state index contributed by atoms with van der Waals surface area (Å²) < 4.78 is 23.8. The van der Waals surface area contributed by atoms with Crippen molar-refractivity contribution in [2.45, 2.75) is 347 Å². The van der Waals surface area contributed by atoms with Crippen molar-refractivity contribution in [3.63, 3.8) is 0 Å². The van der Waals surface area contributed by atoms with Gasteiger partial charge >= 0.3 is 7.82 Å². The molecule has 3 unspecified atom stereocenters. The van der Waals surface area contributed by atoms with E-state index in [4.69, 9.17) is 9.05 Å². The Labute approximate surface area is 474 Å². The Kier molecular flexibility index (Phi) is 57.4. The van der Waals surface area contributed by atoms with Crippen LogP contribution in [0.3, 0.4) is 0 Å². The molecule has 0 rings (SSSR count). The number of aliphatic hydroxyl groups is 1. The van der Waals surface area contributed by atoms with Crippen LogP contribution in [0.5, 0.6) is 0 Å². The van der Waals surface area contributed by atoms with Crippen molar-refractivity contribution in [3.8, 4) is 0 Å². The number of carbonyl (C=O) groups excluding carboxylic acids is 1. The van der Waals surface area contributed by atoms with Gasteiger partial charge in [-0.05, 0) is 57.8 Å². The zero-order chi connectivity index (χ0) is 55.6. The van der Waals surface area contributed by atoms with Crippen LogP contribution in [0.25, 0.3) is 0 Å². The Morgan fingerprint density at radius 2 is 0.724 bits per heavy atom. The number of amides is 1. The maximum absolute atomic E-state index is 13.0. The molecule has 0 aromatic heterocycles. The molecule has 0 saturated carbocycles. The molecule has 3 atom stereocenters. The topological polar surface area (TPSA) is 105 Å². The highest BCUT2D eigenvalue weighted by Crippen LogP contribution is 2.43. The molecule has 0 aliphatic carbocycles. The SMILES string of the molecule is CCCCCCCCCC/C=C\CCCCCCCCCCCCCC(=O)NC(COP(=O)(O)OCC[N+](C)(C)C)C(O)/C=C/CC/C=C/CCCCCCCCCCCCCCCCCCCCCCCCCCC. The fourth-order valence-electron chi connectivity index (χ4n) is 10.1. The van der Waals surface area contributed by atoms with E-state index in [0.29, 0.717) is 17.4 Å². The van der Waals surface area contributed by atoms with Gasteiger partial charge in [-0.1, -0.05) is 307 Å². The third kappa shape index (κ3) is 60.4. The van der Waals surface area contributed by atoms with Crippen LogP contribution < -0.4 is 5.32 Å². The average Bonchev–Trinajstić information content (AvgIpc) is 3.38. The Balaban J connectivity index is 4.12. The Hall–Kier alpha value is -1.28. The monoisotopic (exact) mass is 1090 g/mol. The number of phosphoric ester groups is 1. The first-order valence-electron chi connectivity index (χ1n) is 33.4. The first kappa shape index (κ1) is 74.7. The Morgan fingerprint density at radius 1 is 0.434 bits per heavy atom. The van der Waals surface area contributed by atoms with Crippen molar-refractivity contribution in [1.82, 2.24) is 5.32 Å². The Bertz CT molecular complexity index is 1330. The molecule has 8 nitrogen and oxygen atoms in total. The summed E-state index contributed by atoms with van der Waals surface area (Å²) in [6, 6.07) is -0.865. The number of rotatable bonds is 62. The lowest BCUT2D eigenvalue weighted by Gasteiger charge is -2.25. The molecule has 0 bridgehead atoms. The average molecular weight is 1090 g/mol. The van der Waals surface area contributed by atoms with E-state index in [1.54, 1.807) is 6.08 Å². The number of hydrogen-bond acceptors (Lipinski definition) is 5. The second-order valence-corrected chi connectivity index (χ2v) is 25.6. The van der Waals surface area contributed by atoms with Crippen LogP contribution in [-0.2, 0) is 18.4 Å². The molecule has 0 aliphatic heterocycles. The number of likely N-dealkylation sites (N-methyl/N-ethyl adjacent to an activating group) is 1. The van der Waals surface area contributed by atoms with Crippen LogP contribution in [0.2, 0.25) is 0 Å². The zero-order valence-electron chi connectivity index (χ0n) is 51.5. The number of carbonyl (C=O) groups is 1. The molecule has 1 amide bonds. The smallest absolute Gasteiger partial charge is 0.387 e. The van der Waals surface area contributed by atoms with E-state index < -0.39 is 20.0 Å². The van der Waals surface area contributed by atoms with Crippen molar-refractivity contribution >= 4 is 13.7 Å². The van der Waals surface area contributed by atoms with Crippen molar-refractivity contribution in [3.05, 3.63) is 36.5 Å². The van der Waals surface area contributed by atoms with Crippen LogP contribution in [-0.4, -0.2) is 73.4 Å². The predicted molar refractivity (Wildman–Crippen MR) is 332 cm³/mol. The van der Waals surface area contributed by atoms with Crippen molar-refractivity contribution in [2.24, 2.45) is 0 Å². The number of aliphatic hydroxyl groups excluding tert-OH is 1.